The Kier molecular flexibility index (Phi) is 8.32. The SMILES string of the molecule is CCCC(C)(N)C(=O)NCC1(N2CCCCC2)CCCCC1.Cl. The van der Waals surface area contributed by atoms with Crippen LogP contribution in [0.4, 0.5) is 0 Å². The van der Waals surface area contributed by atoms with Crippen LogP contribution >= 0.6 is 12.4 Å². The van der Waals surface area contributed by atoms with Crippen molar-refractivity contribution in [2.24, 2.45) is 5.73 Å². The minimum atomic E-state index is -0.730. The molecule has 2 aliphatic rings. The van der Waals surface area contributed by atoms with E-state index in [1.54, 1.807) is 0 Å². The summed E-state index contributed by atoms with van der Waals surface area (Å²) < 4.78 is 0. The summed E-state index contributed by atoms with van der Waals surface area (Å²) in [5.41, 5.74) is 5.64. The molecule has 1 aliphatic carbocycles. The summed E-state index contributed by atoms with van der Waals surface area (Å²) in [6.07, 6.45) is 12.0. The van der Waals surface area contributed by atoms with E-state index < -0.39 is 5.54 Å². The molecule has 1 atom stereocenters. The molecule has 0 aromatic rings. The maximum absolute atomic E-state index is 12.5. The lowest BCUT2D eigenvalue weighted by Gasteiger charge is -2.48. The number of hydrogen-bond acceptors (Lipinski definition) is 3. The highest BCUT2D eigenvalue weighted by Crippen LogP contribution is 2.35. The summed E-state index contributed by atoms with van der Waals surface area (Å²) in [6, 6.07) is 0. The van der Waals surface area contributed by atoms with Crippen LogP contribution in [0.3, 0.4) is 0 Å². The molecule has 2 rings (SSSR count). The zero-order valence-electron chi connectivity index (χ0n) is 15.0. The van der Waals surface area contributed by atoms with E-state index in [-0.39, 0.29) is 23.9 Å². The zero-order valence-corrected chi connectivity index (χ0v) is 15.8. The minimum Gasteiger partial charge on any atom is -0.353 e. The summed E-state index contributed by atoms with van der Waals surface area (Å²) in [7, 11) is 0. The molecule has 1 heterocycles. The normalized spacial score (nSPS) is 24.3. The van der Waals surface area contributed by atoms with E-state index in [9.17, 15) is 4.79 Å². The van der Waals surface area contributed by atoms with Gasteiger partial charge in [0.05, 0.1) is 5.54 Å². The number of rotatable bonds is 6. The third-order valence-electron chi connectivity index (χ3n) is 5.68. The monoisotopic (exact) mass is 345 g/mol. The molecule has 2 fully saturated rings. The molecule has 1 amide bonds. The lowest BCUT2D eigenvalue weighted by molar-refractivity contribution is -0.127. The standard InChI is InChI=1S/C18H35N3O.ClH/c1-3-10-17(2,19)16(22)20-15-18(11-6-4-7-12-18)21-13-8-5-9-14-21;/h3-15,19H2,1-2H3,(H,20,22);1H. The number of carbonyl (C=O) groups is 1. The quantitative estimate of drug-likeness (QED) is 0.777. The molecule has 0 aromatic heterocycles. The number of nitrogens with zero attached hydrogens (tertiary/aromatic N) is 1. The molecule has 1 saturated carbocycles. The first-order valence-corrected chi connectivity index (χ1v) is 9.32. The van der Waals surface area contributed by atoms with Crippen LogP contribution < -0.4 is 11.1 Å². The van der Waals surface area contributed by atoms with E-state index in [4.69, 9.17) is 5.73 Å². The fraction of sp³-hybridized carbons (Fsp3) is 0.944. The van der Waals surface area contributed by atoms with Crippen LogP contribution in [0.15, 0.2) is 0 Å². The van der Waals surface area contributed by atoms with Gasteiger partial charge in [0.1, 0.15) is 0 Å². The van der Waals surface area contributed by atoms with E-state index in [0.717, 1.165) is 19.4 Å². The van der Waals surface area contributed by atoms with Crippen molar-refractivity contribution in [2.45, 2.75) is 89.1 Å². The molecular weight excluding hydrogens is 310 g/mol. The molecule has 136 valence electrons. The second-order valence-corrected chi connectivity index (χ2v) is 7.68. The van der Waals surface area contributed by atoms with Crippen molar-refractivity contribution in [1.29, 1.82) is 0 Å². The summed E-state index contributed by atoms with van der Waals surface area (Å²) in [6.45, 7) is 7.12. The number of piperidine rings is 1. The van der Waals surface area contributed by atoms with E-state index >= 15 is 0 Å². The summed E-state index contributed by atoms with van der Waals surface area (Å²) in [4.78, 5) is 15.1. The molecule has 23 heavy (non-hydrogen) atoms. The van der Waals surface area contributed by atoms with Crippen LogP contribution in [-0.4, -0.2) is 41.5 Å². The van der Waals surface area contributed by atoms with E-state index in [1.165, 1.54) is 64.5 Å². The van der Waals surface area contributed by atoms with Gasteiger partial charge in [-0.3, -0.25) is 9.69 Å². The maximum atomic E-state index is 12.5. The molecule has 5 heteroatoms. The van der Waals surface area contributed by atoms with Crippen LogP contribution in [0.25, 0.3) is 0 Å². The third-order valence-corrected chi connectivity index (χ3v) is 5.68. The second-order valence-electron chi connectivity index (χ2n) is 7.68. The minimum absolute atomic E-state index is 0. The molecular formula is C18H36ClN3O. The van der Waals surface area contributed by atoms with Gasteiger partial charge in [0.2, 0.25) is 5.91 Å². The molecule has 1 unspecified atom stereocenters. The number of amides is 1. The van der Waals surface area contributed by atoms with Crippen molar-refractivity contribution in [1.82, 2.24) is 10.2 Å². The predicted molar refractivity (Wildman–Crippen MR) is 99.0 cm³/mol. The largest absolute Gasteiger partial charge is 0.353 e. The van der Waals surface area contributed by atoms with Gasteiger partial charge in [-0.1, -0.05) is 39.0 Å². The van der Waals surface area contributed by atoms with Gasteiger partial charge in [-0.15, -0.1) is 12.4 Å². The number of carbonyl (C=O) groups excluding carboxylic acids is 1. The number of nitrogens with two attached hydrogens (primary N) is 1. The first-order valence-electron chi connectivity index (χ1n) is 9.32. The molecule has 1 aliphatic heterocycles. The Morgan fingerprint density at radius 3 is 2.26 bits per heavy atom. The van der Waals surface area contributed by atoms with Gasteiger partial charge in [-0.2, -0.15) is 0 Å². The van der Waals surface area contributed by atoms with Crippen LogP contribution in [0.2, 0.25) is 0 Å². The highest BCUT2D eigenvalue weighted by molar-refractivity contribution is 5.85. The first-order chi connectivity index (χ1) is 10.5. The van der Waals surface area contributed by atoms with E-state index in [2.05, 4.69) is 17.1 Å². The number of hydrogen-bond donors (Lipinski definition) is 2. The second kappa shape index (κ2) is 9.24. The van der Waals surface area contributed by atoms with Crippen LogP contribution in [0.5, 0.6) is 0 Å². The summed E-state index contributed by atoms with van der Waals surface area (Å²) in [5.74, 6) is 0.0244. The number of halogens is 1. The lowest BCUT2D eigenvalue weighted by Crippen LogP contribution is -2.61. The predicted octanol–water partition coefficient (Wildman–Crippen LogP) is 3.23. The van der Waals surface area contributed by atoms with E-state index in [1.807, 2.05) is 6.92 Å². The lowest BCUT2D eigenvalue weighted by atomic mass is 9.79. The first kappa shape index (κ1) is 20.7. The molecule has 0 radical (unpaired) electrons. The van der Waals surface area contributed by atoms with Crippen molar-refractivity contribution < 1.29 is 4.79 Å². The van der Waals surface area contributed by atoms with Gasteiger partial charge in [0.25, 0.3) is 0 Å². The Labute approximate surface area is 148 Å². The van der Waals surface area contributed by atoms with Crippen LogP contribution in [0.1, 0.15) is 78.1 Å². The Balaban J connectivity index is 0.00000264. The maximum Gasteiger partial charge on any atom is 0.239 e. The highest BCUT2D eigenvalue weighted by Gasteiger charge is 2.39. The average Bonchev–Trinajstić information content (AvgIpc) is 2.54. The Morgan fingerprint density at radius 1 is 1.13 bits per heavy atom. The van der Waals surface area contributed by atoms with Gasteiger partial charge in [0.15, 0.2) is 0 Å². The number of nitrogens with one attached hydrogen (secondary N) is 1. The molecule has 0 aromatic carbocycles. The van der Waals surface area contributed by atoms with Gasteiger partial charge in [-0.25, -0.2) is 0 Å². The Morgan fingerprint density at radius 2 is 1.70 bits per heavy atom. The van der Waals surface area contributed by atoms with Crippen molar-refractivity contribution in [3.8, 4) is 0 Å². The van der Waals surface area contributed by atoms with Crippen LogP contribution in [-0.2, 0) is 4.79 Å². The summed E-state index contributed by atoms with van der Waals surface area (Å²) in [5, 5.41) is 3.21. The highest BCUT2D eigenvalue weighted by atomic mass is 35.5. The van der Waals surface area contributed by atoms with Gasteiger partial charge in [-0.05, 0) is 52.1 Å². The fourth-order valence-corrected chi connectivity index (χ4v) is 4.26. The zero-order chi connectivity index (χ0) is 16.1. The third kappa shape index (κ3) is 5.33. The molecule has 3 N–H and O–H groups in total. The summed E-state index contributed by atoms with van der Waals surface area (Å²) >= 11 is 0. The number of likely N-dealkylation sites (tertiary alicyclic amines) is 1. The molecule has 0 bridgehead atoms. The van der Waals surface area contributed by atoms with Gasteiger partial charge in [0, 0.05) is 12.1 Å². The van der Waals surface area contributed by atoms with Gasteiger partial charge < -0.3 is 11.1 Å². The van der Waals surface area contributed by atoms with Crippen molar-refractivity contribution in [2.75, 3.05) is 19.6 Å². The Bertz CT molecular complexity index is 361. The average molecular weight is 346 g/mol. The molecule has 0 spiro atoms. The molecule has 4 nitrogen and oxygen atoms in total. The Hall–Kier alpha value is -0.320. The topological polar surface area (TPSA) is 58.4 Å². The van der Waals surface area contributed by atoms with E-state index in [0.29, 0.717) is 0 Å². The van der Waals surface area contributed by atoms with Crippen molar-refractivity contribution in [3.05, 3.63) is 0 Å². The molecule has 1 saturated heterocycles. The van der Waals surface area contributed by atoms with Crippen molar-refractivity contribution in [3.63, 3.8) is 0 Å². The van der Waals surface area contributed by atoms with Crippen LogP contribution in [0, 0.1) is 0 Å². The fourth-order valence-electron chi connectivity index (χ4n) is 4.26. The van der Waals surface area contributed by atoms with Crippen molar-refractivity contribution >= 4 is 18.3 Å². The van der Waals surface area contributed by atoms with Gasteiger partial charge >= 0.3 is 0 Å². The smallest absolute Gasteiger partial charge is 0.239 e.